The summed E-state index contributed by atoms with van der Waals surface area (Å²) in [7, 11) is 0. The summed E-state index contributed by atoms with van der Waals surface area (Å²) >= 11 is 11.7. The van der Waals surface area contributed by atoms with Crippen LogP contribution in [0.4, 0.5) is 0 Å². The number of hydrogen-bond donors (Lipinski definition) is 2. The smallest absolute Gasteiger partial charge is 0.0640 e. The molecule has 2 nitrogen and oxygen atoms in total. The predicted molar refractivity (Wildman–Crippen MR) is 62.3 cm³/mol. The molecule has 0 fully saturated rings. The van der Waals surface area contributed by atoms with Gasteiger partial charge in [-0.3, -0.25) is 0 Å². The topological polar surface area (TPSA) is 46.2 Å². The molecule has 80 valence electrons. The third-order valence-corrected chi connectivity index (χ3v) is 2.65. The van der Waals surface area contributed by atoms with Crippen molar-refractivity contribution in [1.82, 2.24) is 0 Å². The molecule has 1 atom stereocenters. The molecule has 0 unspecified atom stereocenters. The maximum atomic E-state index is 8.70. The average Bonchev–Trinajstić information content (AvgIpc) is 2.10. The Morgan fingerprint density at radius 3 is 2.57 bits per heavy atom. The zero-order chi connectivity index (χ0) is 9.84. The summed E-state index contributed by atoms with van der Waals surface area (Å²) in [6.07, 6.45) is 0.486. The van der Waals surface area contributed by atoms with Gasteiger partial charge in [0.25, 0.3) is 0 Å². The molecule has 0 aliphatic heterocycles. The average molecular weight is 257 g/mol. The molecule has 0 aliphatic rings. The van der Waals surface area contributed by atoms with Crippen molar-refractivity contribution in [1.29, 1.82) is 0 Å². The maximum absolute atomic E-state index is 8.70. The number of benzene rings is 1. The quantitative estimate of drug-likeness (QED) is 0.873. The van der Waals surface area contributed by atoms with Gasteiger partial charge >= 0.3 is 0 Å². The Hall–Kier alpha value is 0.01000. The Balaban J connectivity index is 0.00000169. The lowest BCUT2D eigenvalue weighted by molar-refractivity contribution is 0.276. The number of hydrogen-bond acceptors (Lipinski definition) is 2. The van der Waals surface area contributed by atoms with E-state index in [0.29, 0.717) is 16.5 Å². The number of halogens is 3. The second-order valence-electron chi connectivity index (χ2n) is 2.76. The molecule has 0 radical (unpaired) electrons. The molecule has 0 heterocycles. The van der Waals surface area contributed by atoms with Crippen molar-refractivity contribution in [3.05, 3.63) is 33.8 Å². The number of rotatable bonds is 3. The van der Waals surface area contributed by atoms with Crippen LogP contribution < -0.4 is 5.73 Å². The molecule has 0 saturated carbocycles. The predicted octanol–water partition coefficient (Wildman–Crippen LogP) is 2.80. The molecule has 1 rings (SSSR count). The minimum atomic E-state index is -0.254. The zero-order valence-electron chi connectivity index (χ0n) is 7.41. The Labute approximate surface area is 99.4 Å². The van der Waals surface area contributed by atoms with E-state index in [4.69, 9.17) is 34.0 Å². The first-order valence-electron chi connectivity index (χ1n) is 3.97. The van der Waals surface area contributed by atoms with E-state index in [1.807, 2.05) is 6.07 Å². The minimum Gasteiger partial charge on any atom is -0.396 e. The van der Waals surface area contributed by atoms with Crippen LogP contribution in [0.2, 0.25) is 10.0 Å². The molecule has 14 heavy (non-hydrogen) atoms. The van der Waals surface area contributed by atoms with Crippen LogP contribution in [0, 0.1) is 0 Å². The van der Waals surface area contributed by atoms with Crippen molar-refractivity contribution in [2.45, 2.75) is 12.5 Å². The highest BCUT2D eigenvalue weighted by Gasteiger charge is 2.11. The van der Waals surface area contributed by atoms with E-state index < -0.39 is 0 Å². The molecular weight excluding hydrogens is 244 g/mol. The monoisotopic (exact) mass is 255 g/mol. The van der Waals surface area contributed by atoms with Gasteiger partial charge in [-0.1, -0.05) is 35.3 Å². The Morgan fingerprint density at radius 1 is 1.36 bits per heavy atom. The summed E-state index contributed by atoms with van der Waals surface area (Å²) < 4.78 is 0. The van der Waals surface area contributed by atoms with E-state index in [9.17, 15) is 0 Å². The normalized spacial score (nSPS) is 12.0. The molecule has 5 heteroatoms. The van der Waals surface area contributed by atoms with Gasteiger partial charge in [0.05, 0.1) is 10.0 Å². The highest BCUT2D eigenvalue weighted by molar-refractivity contribution is 6.42. The highest BCUT2D eigenvalue weighted by Crippen LogP contribution is 2.29. The second-order valence-corrected chi connectivity index (χ2v) is 3.55. The van der Waals surface area contributed by atoms with Gasteiger partial charge < -0.3 is 10.8 Å². The fourth-order valence-electron chi connectivity index (χ4n) is 1.10. The van der Waals surface area contributed by atoms with E-state index in [0.717, 1.165) is 5.56 Å². The molecular formula is C9H12Cl3NO. The van der Waals surface area contributed by atoms with Crippen LogP contribution in [0.1, 0.15) is 18.0 Å². The van der Waals surface area contributed by atoms with Crippen molar-refractivity contribution in [3.63, 3.8) is 0 Å². The molecule has 3 N–H and O–H groups in total. The zero-order valence-corrected chi connectivity index (χ0v) is 9.74. The Morgan fingerprint density at radius 2 is 2.00 bits per heavy atom. The standard InChI is InChI=1S/C9H11Cl2NO.ClH/c10-7-3-1-2-6(9(7)11)8(12)4-5-13;/h1-3,8,13H,4-5,12H2;1H/t8-;/m1./s1. The van der Waals surface area contributed by atoms with Crippen LogP contribution in [-0.4, -0.2) is 11.7 Å². The van der Waals surface area contributed by atoms with Gasteiger partial charge in [-0.15, -0.1) is 12.4 Å². The SMILES string of the molecule is Cl.N[C@H](CCO)c1cccc(Cl)c1Cl. The van der Waals surface area contributed by atoms with Gasteiger partial charge in [0.1, 0.15) is 0 Å². The summed E-state index contributed by atoms with van der Waals surface area (Å²) in [6.45, 7) is 0.0456. The van der Waals surface area contributed by atoms with Gasteiger partial charge in [0, 0.05) is 12.6 Å². The van der Waals surface area contributed by atoms with Crippen LogP contribution in [0.15, 0.2) is 18.2 Å². The van der Waals surface area contributed by atoms with E-state index in [1.165, 1.54) is 0 Å². The fourth-order valence-corrected chi connectivity index (χ4v) is 1.55. The lowest BCUT2D eigenvalue weighted by Gasteiger charge is -2.12. The van der Waals surface area contributed by atoms with Crippen molar-refractivity contribution < 1.29 is 5.11 Å². The number of aliphatic hydroxyl groups is 1. The largest absolute Gasteiger partial charge is 0.396 e. The van der Waals surface area contributed by atoms with Crippen molar-refractivity contribution >= 4 is 35.6 Å². The molecule has 0 amide bonds. The van der Waals surface area contributed by atoms with Crippen LogP contribution in [0.5, 0.6) is 0 Å². The molecule has 1 aromatic carbocycles. The van der Waals surface area contributed by atoms with Crippen LogP contribution in [-0.2, 0) is 0 Å². The van der Waals surface area contributed by atoms with E-state index >= 15 is 0 Å². The summed E-state index contributed by atoms with van der Waals surface area (Å²) in [5, 5.41) is 9.67. The number of aliphatic hydroxyl groups excluding tert-OH is 1. The van der Waals surface area contributed by atoms with Crippen molar-refractivity contribution in [2.75, 3.05) is 6.61 Å². The minimum absolute atomic E-state index is 0. The van der Waals surface area contributed by atoms with Gasteiger partial charge in [-0.25, -0.2) is 0 Å². The van der Waals surface area contributed by atoms with E-state index in [-0.39, 0.29) is 25.1 Å². The lowest BCUT2D eigenvalue weighted by Crippen LogP contribution is -2.12. The van der Waals surface area contributed by atoms with Crippen molar-refractivity contribution in [3.8, 4) is 0 Å². The van der Waals surface area contributed by atoms with Crippen LogP contribution in [0.3, 0.4) is 0 Å². The van der Waals surface area contributed by atoms with E-state index in [2.05, 4.69) is 0 Å². The van der Waals surface area contributed by atoms with Gasteiger partial charge in [0.15, 0.2) is 0 Å². The second kappa shape index (κ2) is 6.49. The summed E-state index contributed by atoms with van der Waals surface area (Å²) in [5.74, 6) is 0. The van der Waals surface area contributed by atoms with Crippen molar-refractivity contribution in [2.24, 2.45) is 5.73 Å². The molecule has 0 spiro atoms. The summed E-state index contributed by atoms with van der Waals surface area (Å²) in [5.41, 5.74) is 6.55. The van der Waals surface area contributed by atoms with Crippen LogP contribution >= 0.6 is 35.6 Å². The first-order chi connectivity index (χ1) is 6.16. The fraction of sp³-hybridized carbons (Fsp3) is 0.333. The van der Waals surface area contributed by atoms with Gasteiger partial charge in [-0.05, 0) is 18.1 Å². The molecule has 0 aromatic heterocycles. The third-order valence-electron chi connectivity index (χ3n) is 1.82. The first-order valence-corrected chi connectivity index (χ1v) is 4.72. The van der Waals surface area contributed by atoms with E-state index in [1.54, 1.807) is 12.1 Å². The molecule has 1 aromatic rings. The lowest BCUT2D eigenvalue weighted by atomic mass is 10.1. The Kier molecular flexibility index (Phi) is 6.49. The third kappa shape index (κ3) is 3.30. The van der Waals surface area contributed by atoms with Gasteiger partial charge in [-0.2, -0.15) is 0 Å². The first kappa shape index (κ1) is 14.0. The summed E-state index contributed by atoms with van der Waals surface area (Å²) in [4.78, 5) is 0. The summed E-state index contributed by atoms with van der Waals surface area (Å²) in [6, 6.07) is 5.06. The molecule has 0 aliphatic carbocycles. The number of nitrogens with two attached hydrogens (primary N) is 1. The van der Waals surface area contributed by atoms with Gasteiger partial charge in [0.2, 0.25) is 0 Å². The van der Waals surface area contributed by atoms with Crippen LogP contribution in [0.25, 0.3) is 0 Å². The maximum Gasteiger partial charge on any atom is 0.0640 e. The molecule has 0 bridgehead atoms. The highest BCUT2D eigenvalue weighted by atomic mass is 35.5. The molecule has 0 saturated heterocycles. The Bertz CT molecular complexity index is 293.